The van der Waals surface area contributed by atoms with E-state index in [2.05, 4.69) is 9.97 Å². The lowest BCUT2D eigenvalue weighted by atomic mass is 10.1. The number of H-pyrrole nitrogens is 1. The lowest BCUT2D eigenvalue weighted by Crippen LogP contribution is -2.05. The highest BCUT2D eigenvalue weighted by molar-refractivity contribution is 6.31. The van der Waals surface area contributed by atoms with Gasteiger partial charge in [-0.15, -0.1) is 0 Å². The highest BCUT2D eigenvalue weighted by Gasteiger charge is 2.10. The Bertz CT molecular complexity index is 465. The minimum Gasteiger partial charge on any atom is -0.342 e. The summed E-state index contributed by atoms with van der Waals surface area (Å²) in [6, 6.07) is 7.30. The summed E-state index contributed by atoms with van der Waals surface area (Å²) in [4.78, 5) is 18.3. The largest absolute Gasteiger partial charge is 0.342 e. The third-order valence-corrected chi connectivity index (χ3v) is 2.44. The molecule has 0 atom stereocenters. The van der Waals surface area contributed by atoms with Crippen LogP contribution in [0.1, 0.15) is 16.2 Å². The first kappa shape index (κ1) is 9.93. The van der Waals surface area contributed by atoms with Gasteiger partial charge in [-0.2, -0.15) is 0 Å². The van der Waals surface area contributed by atoms with Gasteiger partial charge in [-0.05, 0) is 11.6 Å². The van der Waals surface area contributed by atoms with E-state index >= 15 is 0 Å². The van der Waals surface area contributed by atoms with Gasteiger partial charge in [-0.25, -0.2) is 4.98 Å². The number of imidazole rings is 1. The van der Waals surface area contributed by atoms with Crippen molar-refractivity contribution in [3.8, 4) is 0 Å². The summed E-state index contributed by atoms with van der Waals surface area (Å²) in [5.41, 5.74) is 0.820. The number of benzene rings is 1. The lowest BCUT2D eigenvalue weighted by molar-refractivity contribution is 0.0984. The maximum Gasteiger partial charge on any atom is 0.202 e. The fourth-order valence-electron chi connectivity index (χ4n) is 1.32. The molecule has 2 aromatic rings. The molecule has 1 aromatic carbocycles. The quantitative estimate of drug-likeness (QED) is 0.808. The highest BCUT2D eigenvalue weighted by Crippen LogP contribution is 2.16. The van der Waals surface area contributed by atoms with Gasteiger partial charge in [0.15, 0.2) is 5.82 Å². The summed E-state index contributed by atoms with van der Waals surface area (Å²) in [5, 5.41) is 0.609. The molecule has 1 N–H and O–H groups in total. The second-order valence-electron chi connectivity index (χ2n) is 3.13. The molecule has 0 unspecified atom stereocenters. The zero-order chi connectivity index (χ0) is 10.7. The summed E-state index contributed by atoms with van der Waals surface area (Å²) in [6.07, 6.45) is 3.45. The zero-order valence-corrected chi connectivity index (χ0v) is 8.66. The minimum atomic E-state index is -0.0619. The van der Waals surface area contributed by atoms with Crippen LogP contribution in [0.2, 0.25) is 5.02 Å². The first-order valence-corrected chi connectivity index (χ1v) is 4.91. The number of aromatic nitrogens is 2. The van der Waals surface area contributed by atoms with E-state index in [1.54, 1.807) is 18.5 Å². The molecule has 0 amide bonds. The van der Waals surface area contributed by atoms with Crippen molar-refractivity contribution in [1.29, 1.82) is 0 Å². The first-order valence-electron chi connectivity index (χ1n) is 4.53. The van der Waals surface area contributed by atoms with Crippen molar-refractivity contribution in [3.63, 3.8) is 0 Å². The van der Waals surface area contributed by atoms with Crippen LogP contribution in [0.15, 0.2) is 36.7 Å². The van der Waals surface area contributed by atoms with Gasteiger partial charge in [0.2, 0.25) is 5.78 Å². The molecule has 0 radical (unpaired) electrons. The lowest BCUT2D eigenvalue weighted by Gasteiger charge is -2.00. The van der Waals surface area contributed by atoms with Gasteiger partial charge in [0, 0.05) is 23.8 Å². The molecule has 0 saturated heterocycles. The van der Waals surface area contributed by atoms with Gasteiger partial charge in [-0.1, -0.05) is 29.8 Å². The van der Waals surface area contributed by atoms with Gasteiger partial charge in [0.1, 0.15) is 0 Å². The number of aromatic amines is 1. The Morgan fingerprint density at radius 1 is 1.40 bits per heavy atom. The van der Waals surface area contributed by atoms with Crippen molar-refractivity contribution in [1.82, 2.24) is 9.97 Å². The minimum absolute atomic E-state index is 0.0619. The molecule has 0 fully saturated rings. The van der Waals surface area contributed by atoms with Gasteiger partial charge >= 0.3 is 0 Å². The molecule has 0 bridgehead atoms. The van der Waals surface area contributed by atoms with Crippen molar-refractivity contribution in [2.24, 2.45) is 0 Å². The summed E-state index contributed by atoms with van der Waals surface area (Å²) >= 11 is 5.95. The molecule has 0 spiro atoms. The normalized spacial score (nSPS) is 10.2. The van der Waals surface area contributed by atoms with Crippen LogP contribution in [0, 0.1) is 0 Å². The SMILES string of the molecule is O=C(Cc1ccccc1Cl)c1ncc[nH]1. The maximum absolute atomic E-state index is 11.7. The molecule has 1 aromatic heterocycles. The number of nitrogens with one attached hydrogen (secondary N) is 1. The Balaban J connectivity index is 2.17. The van der Waals surface area contributed by atoms with Crippen LogP contribution in [-0.2, 0) is 6.42 Å². The fourth-order valence-corrected chi connectivity index (χ4v) is 1.52. The Kier molecular flexibility index (Phi) is 2.83. The van der Waals surface area contributed by atoms with Gasteiger partial charge in [-0.3, -0.25) is 4.79 Å². The maximum atomic E-state index is 11.7. The Labute approximate surface area is 92.1 Å². The number of carbonyl (C=O) groups is 1. The second-order valence-corrected chi connectivity index (χ2v) is 3.54. The summed E-state index contributed by atoms with van der Waals surface area (Å²) in [5.74, 6) is 0.308. The Morgan fingerprint density at radius 2 is 2.20 bits per heavy atom. The summed E-state index contributed by atoms with van der Waals surface area (Å²) < 4.78 is 0. The molecule has 76 valence electrons. The number of halogens is 1. The third-order valence-electron chi connectivity index (χ3n) is 2.07. The van der Waals surface area contributed by atoms with Crippen molar-refractivity contribution in [3.05, 3.63) is 53.1 Å². The van der Waals surface area contributed by atoms with E-state index < -0.39 is 0 Å². The van der Waals surface area contributed by atoms with Crippen molar-refractivity contribution >= 4 is 17.4 Å². The first-order chi connectivity index (χ1) is 7.27. The number of Topliss-reactive ketones (excluding diaryl/α,β-unsaturated/α-hetero) is 1. The van der Waals surface area contributed by atoms with Gasteiger partial charge < -0.3 is 4.98 Å². The van der Waals surface area contributed by atoms with Crippen LogP contribution in [-0.4, -0.2) is 15.8 Å². The fraction of sp³-hybridized carbons (Fsp3) is 0.0909. The molecule has 0 saturated carbocycles. The van der Waals surface area contributed by atoms with E-state index in [0.29, 0.717) is 10.8 Å². The van der Waals surface area contributed by atoms with Crippen LogP contribution in [0.25, 0.3) is 0 Å². The van der Waals surface area contributed by atoms with E-state index in [0.717, 1.165) is 5.56 Å². The van der Waals surface area contributed by atoms with Crippen LogP contribution in [0.3, 0.4) is 0 Å². The molecule has 0 aliphatic heterocycles. The van der Waals surface area contributed by atoms with E-state index in [1.807, 2.05) is 18.2 Å². The number of nitrogens with zero attached hydrogens (tertiary/aromatic N) is 1. The van der Waals surface area contributed by atoms with E-state index in [9.17, 15) is 4.79 Å². The standard InChI is InChI=1S/C11H9ClN2O/c12-9-4-2-1-3-8(9)7-10(15)11-13-5-6-14-11/h1-6H,7H2,(H,13,14). The van der Waals surface area contributed by atoms with Crippen LogP contribution >= 0.6 is 11.6 Å². The molecular weight excluding hydrogens is 212 g/mol. The average Bonchev–Trinajstić information content (AvgIpc) is 2.74. The topological polar surface area (TPSA) is 45.8 Å². The number of hydrogen-bond acceptors (Lipinski definition) is 2. The molecule has 4 heteroatoms. The highest BCUT2D eigenvalue weighted by atomic mass is 35.5. The summed E-state index contributed by atoms with van der Waals surface area (Å²) in [6.45, 7) is 0. The number of ketones is 1. The van der Waals surface area contributed by atoms with E-state index in [-0.39, 0.29) is 12.2 Å². The van der Waals surface area contributed by atoms with Crippen molar-refractivity contribution in [2.75, 3.05) is 0 Å². The second kappa shape index (κ2) is 4.28. The van der Waals surface area contributed by atoms with Crippen molar-refractivity contribution < 1.29 is 4.79 Å². The average molecular weight is 221 g/mol. The predicted molar refractivity (Wildman–Crippen MR) is 58.1 cm³/mol. The predicted octanol–water partition coefficient (Wildman–Crippen LogP) is 2.49. The molecule has 0 aliphatic rings. The number of carbonyl (C=O) groups excluding carboxylic acids is 1. The molecule has 3 nitrogen and oxygen atoms in total. The summed E-state index contributed by atoms with van der Waals surface area (Å²) in [7, 11) is 0. The van der Waals surface area contributed by atoms with Crippen molar-refractivity contribution in [2.45, 2.75) is 6.42 Å². The van der Waals surface area contributed by atoms with Crippen LogP contribution in [0.5, 0.6) is 0 Å². The smallest absolute Gasteiger partial charge is 0.202 e. The monoisotopic (exact) mass is 220 g/mol. The third kappa shape index (κ3) is 2.25. The molecule has 1 heterocycles. The molecule has 2 rings (SSSR count). The zero-order valence-electron chi connectivity index (χ0n) is 7.90. The van der Waals surface area contributed by atoms with Crippen LogP contribution < -0.4 is 0 Å². The molecule has 15 heavy (non-hydrogen) atoms. The van der Waals surface area contributed by atoms with Crippen LogP contribution in [0.4, 0.5) is 0 Å². The number of rotatable bonds is 3. The number of hydrogen-bond donors (Lipinski definition) is 1. The van der Waals surface area contributed by atoms with E-state index in [1.165, 1.54) is 0 Å². The molecule has 0 aliphatic carbocycles. The Hall–Kier alpha value is -1.61. The Morgan fingerprint density at radius 3 is 2.87 bits per heavy atom. The molecular formula is C11H9ClN2O. The van der Waals surface area contributed by atoms with E-state index in [4.69, 9.17) is 11.6 Å². The van der Waals surface area contributed by atoms with Gasteiger partial charge in [0.25, 0.3) is 0 Å². The van der Waals surface area contributed by atoms with Gasteiger partial charge in [0.05, 0.1) is 0 Å².